The summed E-state index contributed by atoms with van der Waals surface area (Å²) in [7, 11) is -3.49. The number of rotatable bonds is 1. The Labute approximate surface area is 166 Å². The van der Waals surface area contributed by atoms with Crippen LogP contribution in [0.2, 0.25) is 0 Å². The van der Waals surface area contributed by atoms with E-state index in [4.69, 9.17) is 0 Å². The van der Waals surface area contributed by atoms with Crippen LogP contribution < -0.4 is 16.0 Å². The van der Waals surface area contributed by atoms with E-state index in [1.54, 1.807) is 5.01 Å². The second-order valence-electron chi connectivity index (χ2n) is 8.50. The van der Waals surface area contributed by atoms with E-state index in [1.807, 2.05) is 11.1 Å². The number of hydrogen-bond donors (Lipinski definition) is 4. The summed E-state index contributed by atoms with van der Waals surface area (Å²) in [5.74, 6) is -0.428. The summed E-state index contributed by atoms with van der Waals surface area (Å²) in [5, 5.41) is 23.6. The SMILES string of the molecule is CC1CCC=CCN2C(=O)C3C(O)NC(S(C)(=O)=O)NC3N2C2CCCC1N2. The molecule has 4 heterocycles. The van der Waals surface area contributed by atoms with Crippen molar-refractivity contribution in [2.24, 2.45) is 11.8 Å². The molecule has 28 heavy (non-hydrogen) atoms. The summed E-state index contributed by atoms with van der Waals surface area (Å²) in [6.45, 7) is 2.68. The molecule has 1 amide bonds. The van der Waals surface area contributed by atoms with Crippen molar-refractivity contribution >= 4 is 15.7 Å². The largest absolute Gasteiger partial charge is 0.378 e. The first-order valence-electron chi connectivity index (χ1n) is 10.2. The van der Waals surface area contributed by atoms with Gasteiger partial charge in [0.25, 0.3) is 0 Å². The van der Waals surface area contributed by atoms with Gasteiger partial charge in [0.05, 0.1) is 18.9 Å². The highest BCUT2D eigenvalue weighted by Crippen LogP contribution is 2.34. The van der Waals surface area contributed by atoms with Crippen LogP contribution >= 0.6 is 0 Å². The van der Waals surface area contributed by atoms with Gasteiger partial charge in [0.15, 0.2) is 15.3 Å². The molecule has 9 nitrogen and oxygen atoms in total. The summed E-state index contributed by atoms with van der Waals surface area (Å²) in [6.07, 6.45) is 8.43. The minimum Gasteiger partial charge on any atom is -0.378 e. The zero-order valence-electron chi connectivity index (χ0n) is 16.4. The molecule has 4 rings (SSSR count). The van der Waals surface area contributed by atoms with Crippen LogP contribution in [0.25, 0.3) is 0 Å². The molecule has 4 aliphatic rings. The molecule has 7 unspecified atom stereocenters. The molecule has 0 saturated carbocycles. The molecular formula is C18H31N5O4S. The van der Waals surface area contributed by atoms with E-state index in [2.05, 4.69) is 29.0 Å². The Bertz CT molecular complexity index is 744. The molecule has 158 valence electrons. The van der Waals surface area contributed by atoms with Crippen LogP contribution in [-0.4, -0.2) is 72.3 Å². The van der Waals surface area contributed by atoms with Gasteiger partial charge in [-0.1, -0.05) is 19.1 Å². The Morgan fingerprint density at radius 3 is 2.68 bits per heavy atom. The van der Waals surface area contributed by atoms with E-state index in [1.165, 1.54) is 0 Å². The van der Waals surface area contributed by atoms with Gasteiger partial charge in [0.1, 0.15) is 12.1 Å². The molecule has 0 aliphatic carbocycles. The number of aliphatic hydroxyl groups is 1. The first-order valence-corrected chi connectivity index (χ1v) is 12.1. The molecule has 4 N–H and O–H groups in total. The predicted octanol–water partition coefficient (Wildman–Crippen LogP) is -0.718. The van der Waals surface area contributed by atoms with Crippen LogP contribution in [0, 0.1) is 11.8 Å². The van der Waals surface area contributed by atoms with Crippen LogP contribution in [-0.2, 0) is 14.6 Å². The van der Waals surface area contributed by atoms with E-state index in [9.17, 15) is 18.3 Å². The molecule has 0 aromatic heterocycles. The Morgan fingerprint density at radius 1 is 1.14 bits per heavy atom. The first-order chi connectivity index (χ1) is 13.3. The second-order valence-corrected chi connectivity index (χ2v) is 10.6. The molecule has 0 radical (unpaired) electrons. The second kappa shape index (κ2) is 7.66. The summed E-state index contributed by atoms with van der Waals surface area (Å²) >= 11 is 0. The molecule has 10 heteroatoms. The number of carbonyl (C=O) groups is 1. The molecule has 0 spiro atoms. The van der Waals surface area contributed by atoms with E-state index in [0.29, 0.717) is 18.5 Å². The van der Waals surface area contributed by atoms with Gasteiger partial charge in [-0.2, -0.15) is 5.01 Å². The van der Waals surface area contributed by atoms with Crippen molar-refractivity contribution in [3.63, 3.8) is 0 Å². The minimum atomic E-state index is -3.49. The number of nitrogens with one attached hydrogen (secondary N) is 3. The number of allylic oxidation sites excluding steroid dienone is 1. The molecule has 0 aromatic rings. The van der Waals surface area contributed by atoms with Crippen molar-refractivity contribution < 1.29 is 18.3 Å². The maximum absolute atomic E-state index is 13.1. The highest BCUT2D eigenvalue weighted by atomic mass is 32.2. The van der Waals surface area contributed by atoms with Crippen molar-refractivity contribution in [3.05, 3.63) is 12.2 Å². The highest BCUT2D eigenvalue weighted by Gasteiger charge is 2.56. The first kappa shape index (κ1) is 20.2. The van der Waals surface area contributed by atoms with E-state index in [-0.39, 0.29) is 12.1 Å². The quantitative estimate of drug-likeness (QED) is 0.417. The summed E-state index contributed by atoms with van der Waals surface area (Å²) in [5.41, 5.74) is -1.09. The van der Waals surface area contributed by atoms with E-state index in [0.717, 1.165) is 38.4 Å². The lowest BCUT2D eigenvalue weighted by atomic mass is 9.89. The Hall–Kier alpha value is -1.04. The summed E-state index contributed by atoms with van der Waals surface area (Å²) in [4.78, 5) is 13.1. The van der Waals surface area contributed by atoms with Gasteiger partial charge in [-0.25, -0.2) is 8.42 Å². The van der Waals surface area contributed by atoms with Crippen LogP contribution in [0.5, 0.6) is 0 Å². The van der Waals surface area contributed by atoms with Gasteiger partial charge in [-0.05, 0) is 38.0 Å². The van der Waals surface area contributed by atoms with Gasteiger partial charge in [-0.15, -0.1) is 0 Å². The zero-order chi connectivity index (χ0) is 20.1. The van der Waals surface area contributed by atoms with Crippen molar-refractivity contribution in [2.45, 2.75) is 69.1 Å². The average Bonchev–Trinajstić information content (AvgIpc) is 2.92. The lowest BCUT2D eigenvalue weighted by Gasteiger charge is -2.46. The smallest absolute Gasteiger partial charge is 0.247 e. The fourth-order valence-corrected chi connectivity index (χ4v) is 5.71. The number of sulfone groups is 1. The third-order valence-corrected chi connectivity index (χ3v) is 7.62. The standard InChI is InChI=1S/C18H31N5O4S/c1-11-7-4-3-5-10-22-17(25)14-15(20-18(21-16(14)24)28(2,26)27)23(22)13-9-6-8-12(11)19-13/h3,5,11-16,18-21,24H,4,6-10H2,1-2H3. The summed E-state index contributed by atoms with van der Waals surface area (Å²) < 4.78 is 24.2. The van der Waals surface area contributed by atoms with Crippen LogP contribution in [0.1, 0.15) is 39.0 Å². The third kappa shape index (κ3) is 3.61. The van der Waals surface area contributed by atoms with Crippen LogP contribution in [0.4, 0.5) is 0 Å². The molecule has 3 saturated heterocycles. The Morgan fingerprint density at radius 2 is 1.93 bits per heavy atom. The molecule has 7 atom stereocenters. The maximum atomic E-state index is 13.1. The fraction of sp³-hybridized carbons (Fsp3) is 0.833. The third-order valence-electron chi connectivity index (χ3n) is 6.50. The average molecular weight is 414 g/mol. The van der Waals surface area contributed by atoms with E-state index >= 15 is 0 Å². The predicted molar refractivity (Wildman–Crippen MR) is 104 cm³/mol. The van der Waals surface area contributed by atoms with Gasteiger partial charge in [0, 0.05) is 12.3 Å². The number of carbonyl (C=O) groups excluding carboxylic acids is 1. The van der Waals surface area contributed by atoms with Gasteiger partial charge in [0.2, 0.25) is 5.91 Å². The summed E-state index contributed by atoms with van der Waals surface area (Å²) in [6, 6.07) is 0.360. The van der Waals surface area contributed by atoms with Gasteiger partial charge < -0.3 is 5.11 Å². The van der Waals surface area contributed by atoms with Gasteiger partial charge >= 0.3 is 0 Å². The van der Waals surface area contributed by atoms with Crippen molar-refractivity contribution in [3.8, 4) is 0 Å². The number of aliphatic hydroxyl groups excluding tert-OH is 1. The van der Waals surface area contributed by atoms with Gasteiger partial charge in [-0.3, -0.25) is 25.8 Å². The van der Waals surface area contributed by atoms with Crippen molar-refractivity contribution in [1.82, 2.24) is 26.0 Å². The van der Waals surface area contributed by atoms with Crippen LogP contribution in [0.3, 0.4) is 0 Å². The molecule has 2 bridgehead atoms. The Balaban J connectivity index is 1.69. The Kier molecular flexibility index (Phi) is 5.54. The molecular weight excluding hydrogens is 382 g/mol. The number of hydrogen-bond acceptors (Lipinski definition) is 8. The highest BCUT2D eigenvalue weighted by molar-refractivity contribution is 7.91. The number of hydrazine groups is 1. The number of fused-ring (bicyclic) bond motifs is 6. The molecule has 3 fully saturated rings. The number of nitrogens with zero attached hydrogens (tertiary/aromatic N) is 2. The zero-order valence-corrected chi connectivity index (χ0v) is 17.2. The molecule has 0 aromatic carbocycles. The van der Waals surface area contributed by atoms with E-state index < -0.39 is 33.6 Å². The minimum absolute atomic E-state index is 0.0790. The normalized spacial score (nSPS) is 42.6. The number of piperidine rings is 1. The number of amides is 1. The van der Waals surface area contributed by atoms with Crippen molar-refractivity contribution in [2.75, 3.05) is 12.8 Å². The fourth-order valence-electron chi connectivity index (χ4n) is 4.93. The monoisotopic (exact) mass is 413 g/mol. The lowest BCUT2D eigenvalue weighted by Crippen LogP contribution is -2.70. The van der Waals surface area contributed by atoms with Crippen LogP contribution in [0.15, 0.2) is 12.2 Å². The topological polar surface area (TPSA) is 114 Å². The molecule has 4 aliphatic heterocycles. The maximum Gasteiger partial charge on any atom is 0.247 e. The lowest BCUT2D eigenvalue weighted by molar-refractivity contribution is -0.145. The van der Waals surface area contributed by atoms with Crippen molar-refractivity contribution in [1.29, 1.82) is 0 Å².